The van der Waals surface area contributed by atoms with Crippen LogP contribution in [0.2, 0.25) is 18.1 Å². The van der Waals surface area contributed by atoms with Crippen LogP contribution < -0.4 is 9.74 Å². The molecule has 1 N–H and O–H groups in total. The molecule has 0 aliphatic carbocycles. The van der Waals surface area contributed by atoms with Crippen LogP contribution in [0.1, 0.15) is 44.9 Å². The molecular formula is C22H31NO3Si. The van der Waals surface area contributed by atoms with Crippen LogP contribution in [0.3, 0.4) is 0 Å². The van der Waals surface area contributed by atoms with E-state index in [-0.39, 0.29) is 17.7 Å². The van der Waals surface area contributed by atoms with Crippen molar-refractivity contribution in [3.05, 3.63) is 65.7 Å². The predicted octanol–water partition coefficient (Wildman–Crippen LogP) is 6.06. The highest BCUT2D eigenvalue weighted by atomic mass is 28.4. The molecule has 1 atom stereocenters. The van der Waals surface area contributed by atoms with E-state index in [9.17, 15) is 4.79 Å². The largest absolute Gasteiger partial charge is 0.544 e. The van der Waals surface area contributed by atoms with Crippen LogP contribution in [0, 0.1) is 0 Å². The van der Waals surface area contributed by atoms with Gasteiger partial charge in [-0.25, -0.2) is 4.79 Å². The van der Waals surface area contributed by atoms with Crippen molar-refractivity contribution in [3.8, 4) is 5.75 Å². The van der Waals surface area contributed by atoms with E-state index in [1.807, 2.05) is 61.5 Å². The van der Waals surface area contributed by atoms with Crippen LogP contribution >= 0.6 is 0 Å². The number of ether oxygens (including phenoxy) is 1. The minimum Gasteiger partial charge on any atom is -0.544 e. The van der Waals surface area contributed by atoms with Gasteiger partial charge >= 0.3 is 6.09 Å². The van der Waals surface area contributed by atoms with E-state index in [1.54, 1.807) is 0 Å². The molecule has 0 saturated carbocycles. The number of alkyl carbamates (subject to hydrolysis) is 1. The zero-order valence-corrected chi connectivity index (χ0v) is 18.2. The number of amides is 1. The first-order valence-corrected chi connectivity index (χ1v) is 12.3. The van der Waals surface area contributed by atoms with Crippen molar-refractivity contribution in [2.45, 2.75) is 58.5 Å². The average molecular weight is 386 g/mol. The maximum atomic E-state index is 12.0. The Kier molecular flexibility index (Phi) is 6.71. The summed E-state index contributed by atoms with van der Waals surface area (Å²) in [6, 6.07) is 17.4. The average Bonchev–Trinajstić information content (AvgIpc) is 2.60. The van der Waals surface area contributed by atoms with E-state index >= 15 is 0 Å². The summed E-state index contributed by atoms with van der Waals surface area (Å²) >= 11 is 0. The van der Waals surface area contributed by atoms with Crippen molar-refractivity contribution >= 4 is 14.4 Å². The quantitative estimate of drug-likeness (QED) is 0.615. The highest BCUT2D eigenvalue weighted by molar-refractivity contribution is 6.74. The molecule has 146 valence electrons. The lowest BCUT2D eigenvalue weighted by molar-refractivity contribution is 0.136. The normalized spacial score (nSPS) is 13.0. The molecule has 0 aromatic heterocycles. The fraction of sp³-hybridized carbons (Fsp3) is 0.409. The Morgan fingerprint density at radius 2 is 1.63 bits per heavy atom. The van der Waals surface area contributed by atoms with Gasteiger partial charge in [0.15, 0.2) is 0 Å². The van der Waals surface area contributed by atoms with Gasteiger partial charge in [0.25, 0.3) is 0 Å². The smallest absolute Gasteiger partial charge is 0.407 e. The minimum atomic E-state index is -1.85. The molecule has 4 nitrogen and oxygen atoms in total. The molecule has 0 radical (unpaired) electrons. The molecule has 27 heavy (non-hydrogen) atoms. The fourth-order valence-electron chi connectivity index (χ4n) is 2.30. The third kappa shape index (κ3) is 6.14. The standard InChI is InChI=1S/C22H31NO3Si/c1-17(23-21(24)25-16-18-10-8-7-9-11-18)19-12-14-20(15-13-19)26-27(5,6)22(2,3)4/h7-15,17H,16H2,1-6H3,(H,23,24)/t17-/m0/s1. The second kappa shape index (κ2) is 8.61. The van der Waals surface area contributed by atoms with Crippen LogP contribution in [0.25, 0.3) is 0 Å². The van der Waals surface area contributed by atoms with Gasteiger partial charge in [0.2, 0.25) is 8.32 Å². The van der Waals surface area contributed by atoms with Gasteiger partial charge < -0.3 is 14.5 Å². The SMILES string of the molecule is C[C@H](NC(=O)OCc1ccccc1)c1ccc(O[Si](C)(C)C(C)(C)C)cc1. The summed E-state index contributed by atoms with van der Waals surface area (Å²) in [5.74, 6) is 0.879. The molecule has 5 heteroatoms. The van der Waals surface area contributed by atoms with Crippen LogP contribution in [0.15, 0.2) is 54.6 Å². The summed E-state index contributed by atoms with van der Waals surface area (Å²) in [6.07, 6.45) is -0.423. The van der Waals surface area contributed by atoms with Crippen LogP contribution in [0.4, 0.5) is 4.79 Å². The molecule has 0 aliphatic rings. The minimum absolute atomic E-state index is 0.143. The third-order valence-corrected chi connectivity index (χ3v) is 9.46. The summed E-state index contributed by atoms with van der Waals surface area (Å²) in [5, 5.41) is 3.02. The number of hydrogen-bond acceptors (Lipinski definition) is 3. The Bertz CT molecular complexity index is 736. The molecule has 0 spiro atoms. The van der Waals surface area contributed by atoms with Crippen molar-refractivity contribution in [2.75, 3.05) is 0 Å². The van der Waals surface area contributed by atoms with Gasteiger partial charge in [-0.15, -0.1) is 0 Å². The van der Waals surface area contributed by atoms with Gasteiger partial charge in [0.05, 0.1) is 6.04 Å². The van der Waals surface area contributed by atoms with Crippen molar-refractivity contribution < 1.29 is 14.0 Å². The molecule has 2 aromatic rings. The fourth-order valence-corrected chi connectivity index (χ4v) is 3.33. The zero-order chi connectivity index (χ0) is 20.1. The molecule has 2 aromatic carbocycles. The van der Waals surface area contributed by atoms with Gasteiger partial charge in [0.1, 0.15) is 12.4 Å². The van der Waals surface area contributed by atoms with Crippen molar-refractivity contribution in [2.24, 2.45) is 0 Å². The van der Waals surface area contributed by atoms with Crippen molar-refractivity contribution in [3.63, 3.8) is 0 Å². The summed E-state index contributed by atoms with van der Waals surface area (Å²) in [7, 11) is -1.85. The third-order valence-electron chi connectivity index (χ3n) is 5.11. The monoisotopic (exact) mass is 385 g/mol. The van der Waals surface area contributed by atoms with E-state index in [0.29, 0.717) is 0 Å². The van der Waals surface area contributed by atoms with Gasteiger partial charge in [-0.05, 0) is 48.3 Å². The Morgan fingerprint density at radius 1 is 1.04 bits per heavy atom. The van der Waals surface area contributed by atoms with Gasteiger partial charge in [-0.1, -0.05) is 63.2 Å². The Labute approximate surface area is 164 Å². The molecule has 2 rings (SSSR count). The summed E-state index contributed by atoms with van der Waals surface area (Å²) in [5.41, 5.74) is 1.97. The lowest BCUT2D eigenvalue weighted by atomic mass is 10.1. The number of carbonyl (C=O) groups is 1. The second-order valence-electron chi connectivity index (χ2n) is 8.36. The molecule has 0 saturated heterocycles. The first-order chi connectivity index (χ1) is 12.6. The lowest BCUT2D eigenvalue weighted by Crippen LogP contribution is -2.43. The topological polar surface area (TPSA) is 47.6 Å². The van der Waals surface area contributed by atoms with Gasteiger partial charge in [-0.2, -0.15) is 0 Å². The summed E-state index contributed by atoms with van der Waals surface area (Å²) in [4.78, 5) is 12.0. The Balaban J connectivity index is 1.89. The first-order valence-electron chi connectivity index (χ1n) is 9.35. The van der Waals surface area contributed by atoms with Crippen LogP contribution in [-0.4, -0.2) is 14.4 Å². The van der Waals surface area contributed by atoms with Crippen molar-refractivity contribution in [1.82, 2.24) is 5.32 Å². The Morgan fingerprint density at radius 3 is 2.19 bits per heavy atom. The van der Waals surface area contributed by atoms with E-state index in [1.165, 1.54) is 0 Å². The van der Waals surface area contributed by atoms with E-state index in [0.717, 1.165) is 16.9 Å². The molecule has 0 unspecified atom stereocenters. The molecule has 0 fully saturated rings. The number of nitrogens with one attached hydrogen (secondary N) is 1. The summed E-state index contributed by atoms with van der Waals surface area (Å²) in [6.45, 7) is 13.3. The maximum Gasteiger partial charge on any atom is 0.407 e. The molecular weight excluding hydrogens is 354 g/mol. The Hall–Kier alpha value is -2.27. The van der Waals surface area contributed by atoms with E-state index < -0.39 is 14.4 Å². The summed E-state index contributed by atoms with van der Waals surface area (Å²) < 4.78 is 11.6. The number of hydrogen-bond donors (Lipinski definition) is 1. The number of benzene rings is 2. The van der Waals surface area contributed by atoms with E-state index in [2.05, 4.69) is 39.2 Å². The maximum absolute atomic E-state index is 12.0. The van der Waals surface area contributed by atoms with Crippen LogP contribution in [0.5, 0.6) is 5.75 Å². The highest BCUT2D eigenvalue weighted by Crippen LogP contribution is 2.37. The number of carbonyl (C=O) groups excluding carboxylic acids is 1. The van der Waals surface area contributed by atoms with E-state index in [4.69, 9.17) is 9.16 Å². The zero-order valence-electron chi connectivity index (χ0n) is 17.2. The molecule has 0 bridgehead atoms. The second-order valence-corrected chi connectivity index (χ2v) is 13.1. The molecule has 0 heterocycles. The van der Waals surface area contributed by atoms with Gasteiger partial charge in [0, 0.05) is 0 Å². The molecule has 1 amide bonds. The van der Waals surface area contributed by atoms with Gasteiger partial charge in [-0.3, -0.25) is 0 Å². The van der Waals surface area contributed by atoms with Crippen molar-refractivity contribution in [1.29, 1.82) is 0 Å². The first kappa shape index (κ1) is 21.0. The highest BCUT2D eigenvalue weighted by Gasteiger charge is 2.38. The lowest BCUT2D eigenvalue weighted by Gasteiger charge is -2.36. The molecule has 0 aliphatic heterocycles. The predicted molar refractivity (Wildman–Crippen MR) is 112 cm³/mol. The number of rotatable bonds is 6. The van der Waals surface area contributed by atoms with Crippen LogP contribution in [-0.2, 0) is 11.3 Å².